The maximum absolute atomic E-state index is 12.3. The van der Waals surface area contributed by atoms with Crippen LogP contribution in [0.2, 0.25) is 5.02 Å². The standard InChI is InChI=1S/C14H18ClN3O2/c1-16-6-7-17-13(19)12-5-8-18(14(12)20)11-4-2-3-10(15)9-11/h2-4,9,12,16H,5-8H2,1H3,(H,17,19). The Labute approximate surface area is 123 Å². The Balaban J connectivity index is 2.00. The van der Waals surface area contributed by atoms with Gasteiger partial charge < -0.3 is 15.5 Å². The maximum Gasteiger partial charge on any atom is 0.239 e. The van der Waals surface area contributed by atoms with E-state index in [1.54, 1.807) is 23.1 Å². The number of nitrogens with one attached hydrogen (secondary N) is 2. The lowest BCUT2D eigenvalue weighted by molar-refractivity contribution is -0.132. The van der Waals surface area contributed by atoms with Gasteiger partial charge in [-0.2, -0.15) is 0 Å². The normalized spacial score (nSPS) is 18.4. The molecule has 0 radical (unpaired) electrons. The SMILES string of the molecule is CNCCNC(=O)C1CCN(c2cccc(Cl)c2)C1=O. The average Bonchev–Trinajstić information content (AvgIpc) is 2.81. The molecule has 2 N–H and O–H groups in total. The molecule has 0 aliphatic carbocycles. The lowest BCUT2D eigenvalue weighted by Crippen LogP contribution is -2.39. The maximum atomic E-state index is 12.3. The fraction of sp³-hybridized carbons (Fsp3) is 0.429. The van der Waals surface area contributed by atoms with Crippen molar-refractivity contribution in [3.05, 3.63) is 29.3 Å². The number of carbonyl (C=O) groups is 2. The predicted molar refractivity (Wildman–Crippen MR) is 78.8 cm³/mol. The van der Waals surface area contributed by atoms with Crippen LogP contribution in [-0.2, 0) is 9.59 Å². The monoisotopic (exact) mass is 295 g/mol. The quantitative estimate of drug-likeness (QED) is 0.630. The van der Waals surface area contributed by atoms with Gasteiger partial charge in [-0.25, -0.2) is 0 Å². The Kier molecular flexibility index (Phi) is 4.98. The molecule has 20 heavy (non-hydrogen) atoms. The van der Waals surface area contributed by atoms with Crippen molar-refractivity contribution < 1.29 is 9.59 Å². The van der Waals surface area contributed by atoms with Crippen LogP contribution in [0.3, 0.4) is 0 Å². The van der Waals surface area contributed by atoms with E-state index in [1.807, 2.05) is 13.1 Å². The van der Waals surface area contributed by atoms with E-state index in [1.165, 1.54) is 0 Å². The van der Waals surface area contributed by atoms with Crippen molar-refractivity contribution >= 4 is 29.1 Å². The number of amides is 2. The molecule has 0 saturated carbocycles. The summed E-state index contributed by atoms with van der Waals surface area (Å²) in [6, 6.07) is 7.12. The van der Waals surface area contributed by atoms with Crippen LogP contribution in [0, 0.1) is 5.92 Å². The number of nitrogens with zero attached hydrogens (tertiary/aromatic N) is 1. The van der Waals surface area contributed by atoms with E-state index in [2.05, 4.69) is 10.6 Å². The zero-order chi connectivity index (χ0) is 14.5. The van der Waals surface area contributed by atoms with Crippen LogP contribution < -0.4 is 15.5 Å². The molecule has 2 rings (SSSR count). The van der Waals surface area contributed by atoms with Gasteiger partial charge in [0.2, 0.25) is 11.8 Å². The molecule has 1 atom stereocenters. The van der Waals surface area contributed by atoms with E-state index >= 15 is 0 Å². The average molecular weight is 296 g/mol. The first-order chi connectivity index (χ1) is 9.63. The highest BCUT2D eigenvalue weighted by Gasteiger charge is 2.37. The summed E-state index contributed by atoms with van der Waals surface area (Å²) in [7, 11) is 1.81. The molecule has 5 nitrogen and oxygen atoms in total. The molecule has 0 bridgehead atoms. The summed E-state index contributed by atoms with van der Waals surface area (Å²) in [5.74, 6) is -0.949. The summed E-state index contributed by atoms with van der Waals surface area (Å²) >= 11 is 5.93. The van der Waals surface area contributed by atoms with Crippen LogP contribution in [-0.4, -0.2) is 38.5 Å². The largest absolute Gasteiger partial charge is 0.354 e. The first kappa shape index (κ1) is 14.8. The predicted octanol–water partition coefficient (Wildman–Crippen LogP) is 1.03. The number of likely N-dealkylation sites (N-methyl/N-ethyl adjacent to an activating group) is 1. The van der Waals surface area contributed by atoms with E-state index < -0.39 is 5.92 Å². The number of halogens is 1. The smallest absolute Gasteiger partial charge is 0.239 e. The van der Waals surface area contributed by atoms with Gasteiger partial charge in [0, 0.05) is 30.3 Å². The summed E-state index contributed by atoms with van der Waals surface area (Å²) < 4.78 is 0. The molecule has 1 aliphatic rings. The minimum atomic E-state index is -0.592. The molecule has 0 spiro atoms. The second-order valence-corrected chi connectivity index (χ2v) is 5.14. The number of carbonyl (C=O) groups excluding carboxylic acids is 2. The number of benzene rings is 1. The Morgan fingerprint density at radius 2 is 2.25 bits per heavy atom. The third-order valence-corrected chi connectivity index (χ3v) is 3.55. The van der Waals surface area contributed by atoms with Crippen LogP contribution in [0.15, 0.2) is 24.3 Å². The third-order valence-electron chi connectivity index (χ3n) is 3.32. The van der Waals surface area contributed by atoms with Gasteiger partial charge >= 0.3 is 0 Å². The fourth-order valence-electron chi connectivity index (χ4n) is 2.26. The highest BCUT2D eigenvalue weighted by atomic mass is 35.5. The van der Waals surface area contributed by atoms with Crippen molar-refractivity contribution in [1.29, 1.82) is 0 Å². The third kappa shape index (κ3) is 3.29. The van der Waals surface area contributed by atoms with Gasteiger partial charge in [0.25, 0.3) is 0 Å². The molecule has 1 fully saturated rings. The first-order valence-electron chi connectivity index (χ1n) is 6.62. The van der Waals surface area contributed by atoms with Gasteiger partial charge in [-0.3, -0.25) is 9.59 Å². The van der Waals surface area contributed by atoms with Crippen molar-refractivity contribution in [2.45, 2.75) is 6.42 Å². The Morgan fingerprint density at radius 1 is 1.45 bits per heavy atom. The van der Waals surface area contributed by atoms with Crippen molar-refractivity contribution in [2.24, 2.45) is 5.92 Å². The second kappa shape index (κ2) is 6.72. The summed E-state index contributed by atoms with van der Waals surface area (Å²) in [5, 5.41) is 6.29. The van der Waals surface area contributed by atoms with Crippen LogP contribution in [0.25, 0.3) is 0 Å². The van der Waals surface area contributed by atoms with Crippen molar-refractivity contribution in [1.82, 2.24) is 10.6 Å². The molecule has 1 aromatic carbocycles. The molecular weight excluding hydrogens is 278 g/mol. The summed E-state index contributed by atoms with van der Waals surface area (Å²) in [6.07, 6.45) is 0.538. The van der Waals surface area contributed by atoms with Crippen molar-refractivity contribution in [2.75, 3.05) is 31.6 Å². The molecule has 1 aliphatic heterocycles. The number of anilines is 1. The molecule has 6 heteroatoms. The van der Waals surface area contributed by atoms with E-state index in [9.17, 15) is 9.59 Å². The van der Waals surface area contributed by atoms with Gasteiger partial charge in [-0.05, 0) is 31.7 Å². The van der Waals surface area contributed by atoms with E-state index in [0.29, 0.717) is 31.1 Å². The van der Waals surface area contributed by atoms with E-state index in [-0.39, 0.29) is 11.8 Å². The van der Waals surface area contributed by atoms with Gasteiger partial charge in [-0.1, -0.05) is 17.7 Å². The van der Waals surface area contributed by atoms with Gasteiger partial charge in [0.15, 0.2) is 0 Å². The van der Waals surface area contributed by atoms with Crippen LogP contribution >= 0.6 is 11.6 Å². The molecule has 2 amide bonds. The molecule has 1 heterocycles. The van der Waals surface area contributed by atoms with Crippen molar-refractivity contribution in [3.8, 4) is 0 Å². The summed E-state index contributed by atoms with van der Waals surface area (Å²) in [4.78, 5) is 25.9. The minimum absolute atomic E-state index is 0.158. The zero-order valence-corrected chi connectivity index (χ0v) is 12.1. The fourth-order valence-corrected chi connectivity index (χ4v) is 2.44. The Morgan fingerprint density at radius 3 is 2.95 bits per heavy atom. The van der Waals surface area contributed by atoms with E-state index in [0.717, 1.165) is 5.69 Å². The van der Waals surface area contributed by atoms with Gasteiger partial charge in [0.05, 0.1) is 0 Å². The second-order valence-electron chi connectivity index (χ2n) is 4.71. The molecule has 1 unspecified atom stereocenters. The first-order valence-corrected chi connectivity index (χ1v) is 7.00. The van der Waals surface area contributed by atoms with Crippen molar-refractivity contribution in [3.63, 3.8) is 0 Å². The van der Waals surface area contributed by atoms with E-state index in [4.69, 9.17) is 11.6 Å². The topological polar surface area (TPSA) is 61.4 Å². The number of hydrogen-bond acceptors (Lipinski definition) is 3. The molecule has 1 saturated heterocycles. The number of rotatable bonds is 5. The Bertz CT molecular complexity index is 507. The molecular formula is C14H18ClN3O2. The summed E-state index contributed by atoms with van der Waals surface area (Å²) in [5.41, 5.74) is 0.744. The van der Waals surface area contributed by atoms with Gasteiger partial charge in [0.1, 0.15) is 5.92 Å². The number of hydrogen-bond donors (Lipinski definition) is 2. The minimum Gasteiger partial charge on any atom is -0.354 e. The van der Waals surface area contributed by atoms with Crippen LogP contribution in [0.4, 0.5) is 5.69 Å². The van der Waals surface area contributed by atoms with Crippen LogP contribution in [0.5, 0.6) is 0 Å². The lowest BCUT2D eigenvalue weighted by Gasteiger charge is -2.17. The molecule has 1 aromatic rings. The zero-order valence-electron chi connectivity index (χ0n) is 11.4. The Hall–Kier alpha value is -1.59. The molecule has 0 aromatic heterocycles. The summed E-state index contributed by atoms with van der Waals surface area (Å²) in [6.45, 7) is 1.75. The highest BCUT2D eigenvalue weighted by molar-refractivity contribution is 6.31. The molecule has 108 valence electrons. The van der Waals surface area contributed by atoms with Crippen LogP contribution in [0.1, 0.15) is 6.42 Å². The van der Waals surface area contributed by atoms with Gasteiger partial charge in [-0.15, -0.1) is 0 Å². The highest BCUT2D eigenvalue weighted by Crippen LogP contribution is 2.27. The lowest BCUT2D eigenvalue weighted by atomic mass is 10.1.